The maximum Gasteiger partial charge on any atom is 0.225 e. The number of nitrogens with one attached hydrogen (secondary N) is 1. The van der Waals surface area contributed by atoms with Crippen LogP contribution in [0.1, 0.15) is 48.5 Å². The summed E-state index contributed by atoms with van der Waals surface area (Å²) < 4.78 is 11.9. The second-order valence-corrected chi connectivity index (χ2v) is 7.35. The Hall–Kier alpha value is -2.01. The maximum absolute atomic E-state index is 12.1. The summed E-state index contributed by atoms with van der Waals surface area (Å²) in [4.78, 5) is 13.3. The number of amides is 1. The Bertz CT molecular complexity index is 749. The van der Waals surface area contributed by atoms with Crippen molar-refractivity contribution in [3.8, 4) is 11.5 Å². The van der Waals surface area contributed by atoms with Crippen molar-refractivity contribution >= 4 is 22.9 Å². The average Bonchev–Trinajstić information content (AvgIpc) is 3.25. The highest BCUT2D eigenvalue weighted by molar-refractivity contribution is 7.10. The van der Waals surface area contributed by atoms with Gasteiger partial charge in [0, 0.05) is 22.8 Å². The van der Waals surface area contributed by atoms with Gasteiger partial charge in [0.1, 0.15) is 0 Å². The minimum absolute atomic E-state index is 0.0280. The molecule has 1 aliphatic carbocycles. The zero-order valence-corrected chi connectivity index (χ0v) is 14.5. The fourth-order valence-electron chi connectivity index (χ4n) is 3.69. The van der Waals surface area contributed by atoms with Crippen molar-refractivity contribution in [2.24, 2.45) is 0 Å². The lowest BCUT2D eigenvalue weighted by atomic mass is 9.89. The Labute approximate surface area is 145 Å². The number of hydrogen-bond acceptors (Lipinski definition) is 4. The average molecular weight is 343 g/mol. The van der Waals surface area contributed by atoms with Crippen LogP contribution in [0, 0.1) is 0 Å². The molecule has 1 aromatic heterocycles. The Balaban J connectivity index is 1.76. The molecule has 0 radical (unpaired) electrons. The van der Waals surface area contributed by atoms with Gasteiger partial charge in [0.15, 0.2) is 11.5 Å². The van der Waals surface area contributed by atoms with Crippen LogP contribution in [0.25, 0.3) is 0 Å². The van der Waals surface area contributed by atoms with E-state index in [9.17, 15) is 4.79 Å². The summed E-state index contributed by atoms with van der Waals surface area (Å²) in [6.45, 7) is 0. The van der Waals surface area contributed by atoms with Gasteiger partial charge in [-0.1, -0.05) is 12.1 Å². The van der Waals surface area contributed by atoms with Crippen molar-refractivity contribution in [1.29, 1.82) is 0 Å². The third kappa shape index (κ3) is 2.77. The molecule has 1 unspecified atom stereocenters. The smallest absolute Gasteiger partial charge is 0.225 e. The number of methoxy groups -OCH3 is 1. The Kier molecular flexibility index (Phi) is 4.19. The molecule has 0 saturated heterocycles. The molecule has 0 spiro atoms. The predicted molar refractivity (Wildman–Crippen MR) is 95.3 cm³/mol. The second kappa shape index (κ2) is 6.48. The minimum Gasteiger partial charge on any atom is -0.493 e. The van der Waals surface area contributed by atoms with E-state index in [1.165, 1.54) is 17.7 Å². The molecule has 2 aromatic rings. The lowest BCUT2D eigenvalue weighted by molar-refractivity contribution is -0.116. The fourth-order valence-corrected chi connectivity index (χ4v) is 4.66. The Morgan fingerprint density at radius 2 is 2.04 bits per heavy atom. The van der Waals surface area contributed by atoms with Crippen LogP contribution in [0.3, 0.4) is 0 Å². The van der Waals surface area contributed by atoms with Crippen molar-refractivity contribution in [2.75, 3.05) is 12.4 Å². The van der Waals surface area contributed by atoms with Crippen LogP contribution in [0.4, 0.5) is 5.69 Å². The molecule has 0 bridgehead atoms. The number of anilines is 1. The van der Waals surface area contributed by atoms with Gasteiger partial charge in [-0.2, -0.15) is 0 Å². The molecule has 5 heteroatoms. The molecule has 4 rings (SSSR count). The number of carbonyl (C=O) groups excluding carboxylic acids is 1. The first-order valence-corrected chi connectivity index (χ1v) is 9.35. The highest BCUT2D eigenvalue weighted by Gasteiger charge is 2.31. The molecule has 1 aliphatic heterocycles. The number of thiophene rings is 1. The summed E-state index contributed by atoms with van der Waals surface area (Å²) >= 11 is 1.68. The van der Waals surface area contributed by atoms with Gasteiger partial charge in [-0.3, -0.25) is 4.79 Å². The molecule has 4 nitrogen and oxygen atoms in total. The molecule has 1 N–H and O–H groups in total. The predicted octanol–water partition coefficient (Wildman–Crippen LogP) is 4.55. The van der Waals surface area contributed by atoms with Crippen molar-refractivity contribution < 1.29 is 14.3 Å². The highest BCUT2D eigenvalue weighted by atomic mass is 32.1. The van der Waals surface area contributed by atoms with Gasteiger partial charge in [-0.25, -0.2) is 0 Å². The lowest BCUT2D eigenvalue weighted by Crippen LogP contribution is -2.23. The van der Waals surface area contributed by atoms with E-state index < -0.39 is 0 Å². The van der Waals surface area contributed by atoms with Gasteiger partial charge in [0.05, 0.1) is 18.9 Å². The van der Waals surface area contributed by atoms with Crippen LogP contribution in [0.15, 0.2) is 29.6 Å². The minimum atomic E-state index is 0.0280. The molecule has 2 heterocycles. The first-order chi connectivity index (χ1) is 11.8. The van der Waals surface area contributed by atoms with Crippen LogP contribution in [-0.2, 0) is 4.79 Å². The van der Waals surface area contributed by atoms with Crippen molar-refractivity contribution in [2.45, 2.75) is 44.1 Å². The number of rotatable bonds is 4. The topological polar surface area (TPSA) is 47.6 Å². The first kappa shape index (κ1) is 15.5. The number of carbonyl (C=O) groups is 1. The number of para-hydroxylation sites is 1. The molecule has 1 atom stereocenters. The zero-order chi connectivity index (χ0) is 16.5. The number of ether oxygens (including phenoxy) is 2. The van der Waals surface area contributed by atoms with E-state index in [1.54, 1.807) is 18.4 Å². The quantitative estimate of drug-likeness (QED) is 0.886. The number of hydrogen-bond donors (Lipinski definition) is 1. The molecule has 1 fully saturated rings. The Morgan fingerprint density at radius 1 is 1.21 bits per heavy atom. The molecule has 1 saturated carbocycles. The third-order valence-corrected chi connectivity index (χ3v) is 5.90. The van der Waals surface area contributed by atoms with Crippen molar-refractivity contribution in [1.82, 2.24) is 0 Å². The summed E-state index contributed by atoms with van der Waals surface area (Å²) in [5.74, 6) is 1.65. The van der Waals surface area contributed by atoms with Crippen molar-refractivity contribution in [3.63, 3.8) is 0 Å². The van der Waals surface area contributed by atoms with E-state index >= 15 is 0 Å². The van der Waals surface area contributed by atoms with E-state index in [0.29, 0.717) is 6.42 Å². The van der Waals surface area contributed by atoms with Crippen molar-refractivity contribution in [3.05, 3.63) is 40.1 Å². The van der Waals surface area contributed by atoms with E-state index in [4.69, 9.17) is 9.47 Å². The van der Waals surface area contributed by atoms with Gasteiger partial charge in [0.25, 0.3) is 0 Å². The van der Waals surface area contributed by atoms with Gasteiger partial charge >= 0.3 is 0 Å². The van der Waals surface area contributed by atoms with E-state index in [0.717, 1.165) is 35.6 Å². The summed E-state index contributed by atoms with van der Waals surface area (Å²) in [6, 6.07) is 7.96. The summed E-state index contributed by atoms with van der Waals surface area (Å²) in [5, 5.41) is 4.99. The third-order valence-electron chi connectivity index (χ3n) is 4.87. The number of benzene rings is 1. The van der Waals surface area contributed by atoms with Crippen LogP contribution < -0.4 is 14.8 Å². The molecule has 126 valence electrons. The van der Waals surface area contributed by atoms with E-state index in [1.807, 2.05) is 23.6 Å². The van der Waals surface area contributed by atoms with Crippen LogP contribution >= 0.6 is 11.3 Å². The molecule has 24 heavy (non-hydrogen) atoms. The number of fused-ring (bicyclic) bond motifs is 1. The van der Waals surface area contributed by atoms with Crippen LogP contribution in [0.5, 0.6) is 11.5 Å². The first-order valence-electron chi connectivity index (χ1n) is 8.47. The monoisotopic (exact) mass is 343 g/mol. The molecule has 1 amide bonds. The Morgan fingerprint density at radius 3 is 2.83 bits per heavy atom. The molecule has 1 aromatic carbocycles. The van der Waals surface area contributed by atoms with Crippen LogP contribution in [0.2, 0.25) is 0 Å². The van der Waals surface area contributed by atoms with E-state index in [2.05, 4.69) is 11.4 Å². The summed E-state index contributed by atoms with van der Waals surface area (Å²) in [7, 11) is 1.67. The summed E-state index contributed by atoms with van der Waals surface area (Å²) in [6.07, 6.45) is 5.31. The van der Waals surface area contributed by atoms with E-state index in [-0.39, 0.29) is 17.9 Å². The van der Waals surface area contributed by atoms with Crippen LogP contribution in [-0.4, -0.2) is 19.1 Å². The van der Waals surface area contributed by atoms with Gasteiger partial charge in [-0.05, 0) is 43.2 Å². The highest BCUT2D eigenvalue weighted by Crippen LogP contribution is 2.46. The zero-order valence-electron chi connectivity index (χ0n) is 13.7. The van der Waals surface area contributed by atoms with Gasteiger partial charge in [-0.15, -0.1) is 11.3 Å². The second-order valence-electron chi connectivity index (χ2n) is 6.41. The standard InChI is InChI=1S/C19H21NO3S/c1-22-16-8-4-7-13(18(16)23-12-5-2-3-6-12)14-11-17(21)20-15-9-10-24-19(14)15/h4,7-10,12,14H,2-3,5-6,11H2,1H3,(H,20,21). The molecular weight excluding hydrogens is 322 g/mol. The molecular formula is C19H21NO3S. The maximum atomic E-state index is 12.1. The fraction of sp³-hybridized carbons (Fsp3) is 0.421. The molecule has 2 aliphatic rings. The lowest BCUT2D eigenvalue weighted by Gasteiger charge is -2.26. The van der Waals surface area contributed by atoms with Gasteiger partial charge < -0.3 is 14.8 Å². The largest absolute Gasteiger partial charge is 0.493 e. The van der Waals surface area contributed by atoms with Gasteiger partial charge in [0.2, 0.25) is 5.91 Å². The SMILES string of the molecule is COc1cccc(C2CC(=O)Nc3ccsc32)c1OC1CCCC1. The summed E-state index contributed by atoms with van der Waals surface area (Å²) in [5.41, 5.74) is 1.98. The normalized spacial score (nSPS) is 20.5.